The number of hydrogen-bond donors (Lipinski definition) is 1. The standard InChI is InChI=1S/C19H27N3O4/c1-13-9-21(10-14(2)26-13)11-16-4-3-7-22(16)19(23)20-15-5-6-17-18(8-15)25-12-24-17/h5-6,8,13-14,16H,3-4,7,9-12H2,1-2H3,(H,20,23). The van der Waals surface area contributed by atoms with Crippen LogP contribution in [0, 0.1) is 0 Å². The summed E-state index contributed by atoms with van der Waals surface area (Å²) in [6.07, 6.45) is 2.59. The Morgan fingerprint density at radius 3 is 2.77 bits per heavy atom. The second-order valence-electron chi connectivity index (χ2n) is 7.46. The van der Waals surface area contributed by atoms with Crippen molar-refractivity contribution in [3.63, 3.8) is 0 Å². The molecule has 0 spiro atoms. The molecule has 142 valence electrons. The molecule has 1 aromatic carbocycles. The largest absolute Gasteiger partial charge is 0.454 e. The fraction of sp³-hybridized carbons (Fsp3) is 0.632. The lowest BCUT2D eigenvalue weighted by Gasteiger charge is -2.38. The monoisotopic (exact) mass is 361 g/mol. The van der Waals surface area contributed by atoms with Crippen molar-refractivity contribution >= 4 is 11.7 Å². The van der Waals surface area contributed by atoms with Gasteiger partial charge >= 0.3 is 6.03 Å². The highest BCUT2D eigenvalue weighted by Crippen LogP contribution is 2.34. The number of carbonyl (C=O) groups is 1. The number of nitrogens with zero attached hydrogens (tertiary/aromatic N) is 2. The minimum atomic E-state index is -0.0410. The van der Waals surface area contributed by atoms with Crippen molar-refractivity contribution in [2.75, 3.05) is 38.3 Å². The first-order valence-electron chi connectivity index (χ1n) is 9.43. The molecule has 2 amide bonds. The Balaban J connectivity index is 1.37. The molecule has 3 heterocycles. The first-order valence-corrected chi connectivity index (χ1v) is 9.43. The third kappa shape index (κ3) is 3.73. The smallest absolute Gasteiger partial charge is 0.322 e. The third-order valence-electron chi connectivity index (χ3n) is 5.23. The van der Waals surface area contributed by atoms with Crippen LogP contribution in [-0.2, 0) is 4.74 Å². The van der Waals surface area contributed by atoms with Crippen LogP contribution in [0.1, 0.15) is 26.7 Å². The van der Waals surface area contributed by atoms with E-state index in [1.807, 2.05) is 23.1 Å². The number of ether oxygens (including phenoxy) is 3. The first-order chi connectivity index (χ1) is 12.6. The van der Waals surface area contributed by atoms with Crippen LogP contribution in [0.3, 0.4) is 0 Å². The van der Waals surface area contributed by atoms with Crippen LogP contribution in [0.25, 0.3) is 0 Å². The summed E-state index contributed by atoms with van der Waals surface area (Å²) in [6.45, 7) is 8.03. The molecule has 1 N–H and O–H groups in total. The van der Waals surface area contributed by atoms with Crippen LogP contribution in [-0.4, -0.2) is 67.1 Å². The van der Waals surface area contributed by atoms with Crippen molar-refractivity contribution in [1.29, 1.82) is 0 Å². The minimum absolute atomic E-state index is 0.0410. The Bertz CT molecular complexity index is 658. The molecule has 3 aliphatic rings. The Labute approximate surface area is 154 Å². The fourth-order valence-electron chi connectivity index (χ4n) is 4.19. The minimum Gasteiger partial charge on any atom is -0.454 e. The van der Waals surface area contributed by atoms with Gasteiger partial charge in [0.25, 0.3) is 0 Å². The lowest BCUT2D eigenvalue weighted by molar-refractivity contribution is -0.0712. The Morgan fingerprint density at radius 2 is 1.96 bits per heavy atom. The van der Waals surface area contributed by atoms with Gasteiger partial charge in [-0.1, -0.05) is 0 Å². The molecule has 1 aromatic rings. The van der Waals surface area contributed by atoms with E-state index in [4.69, 9.17) is 14.2 Å². The molecule has 0 aromatic heterocycles. The summed E-state index contributed by atoms with van der Waals surface area (Å²) in [7, 11) is 0. The Kier molecular flexibility index (Phi) is 4.91. The second kappa shape index (κ2) is 7.32. The number of hydrogen-bond acceptors (Lipinski definition) is 5. The quantitative estimate of drug-likeness (QED) is 0.896. The Morgan fingerprint density at radius 1 is 1.19 bits per heavy atom. The molecule has 0 aliphatic carbocycles. The van der Waals surface area contributed by atoms with E-state index in [1.165, 1.54) is 0 Å². The molecule has 2 fully saturated rings. The van der Waals surface area contributed by atoms with Crippen LogP contribution < -0.4 is 14.8 Å². The van der Waals surface area contributed by atoms with E-state index in [0.29, 0.717) is 5.75 Å². The van der Waals surface area contributed by atoms with Crippen molar-refractivity contribution in [3.05, 3.63) is 18.2 Å². The molecule has 3 aliphatic heterocycles. The molecular weight excluding hydrogens is 334 g/mol. The summed E-state index contributed by atoms with van der Waals surface area (Å²) in [4.78, 5) is 17.2. The zero-order chi connectivity index (χ0) is 18.1. The van der Waals surface area contributed by atoms with Gasteiger partial charge in [0, 0.05) is 44.0 Å². The van der Waals surface area contributed by atoms with E-state index in [0.717, 1.165) is 50.5 Å². The van der Waals surface area contributed by atoms with Crippen molar-refractivity contribution in [2.24, 2.45) is 0 Å². The third-order valence-corrected chi connectivity index (χ3v) is 5.23. The molecule has 3 atom stereocenters. The zero-order valence-electron chi connectivity index (χ0n) is 15.4. The van der Waals surface area contributed by atoms with E-state index < -0.39 is 0 Å². The highest BCUT2D eigenvalue weighted by molar-refractivity contribution is 5.90. The van der Waals surface area contributed by atoms with Gasteiger partial charge in [-0.25, -0.2) is 4.79 Å². The number of likely N-dealkylation sites (tertiary alicyclic amines) is 1. The summed E-state index contributed by atoms with van der Waals surface area (Å²) in [5.74, 6) is 1.40. The summed E-state index contributed by atoms with van der Waals surface area (Å²) in [5.41, 5.74) is 0.735. The van der Waals surface area contributed by atoms with E-state index in [-0.39, 0.29) is 31.1 Å². The average Bonchev–Trinajstić information content (AvgIpc) is 3.22. The number of urea groups is 1. The summed E-state index contributed by atoms with van der Waals surface area (Å²) in [6, 6.07) is 5.70. The lowest BCUT2D eigenvalue weighted by Crippen LogP contribution is -2.51. The van der Waals surface area contributed by atoms with Crippen molar-refractivity contribution in [2.45, 2.75) is 44.9 Å². The van der Waals surface area contributed by atoms with Gasteiger partial charge in [-0.2, -0.15) is 0 Å². The van der Waals surface area contributed by atoms with Gasteiger partial charge in [-0.15, -0.1) is 0 Å². The predicted octanol–water partition coefficient (Wildman–Crippen LogP) is 2.52. The highest BCUT2D eigenvalue weighted by atomic mass is 16.7. The molecule has 2 saturated heterocycles. The normalized spacial score (nSPS) is 28.4. The maximum atomic E-state index is 12.8. The number of anilines is 1. The van der Waals surface area contributed by atoms with Crippen LogP contribution in [0.4, 0.5) is 10.5 Å². The molecular formula is C19H27N3O4. The van der Waals surface area contributed by atoms with E-state index >= 15 is 0 Å². The molecule has 4 rings (SSSR count). The van der Waals surface area contributed by atoms with Crippen molar-refractivity contribution in [3.8, 4) is 11.5 Å². The molecule has 0 radical (unpaired) electrons. The maximum Gasteiger partial charge on any atom is 0.322 e. The lowest BCUT2D eigenvalue weighted by atomic mass is 10.1. The van der Waals surface area contributed by atoms with E-state index in [9.17, 15) is 4.79 Å². The van der Waals surface area contributed by atoms with Gasteiger partial charge in [0.1, 0.15) is 0 Å². The highest BCUT2D eigenvalue weighted by Gasteiger charge is 2.32. The average molecular weight is 361 g/mol. The molecule has 3 unspecified atom stereocenters. The van der Waals surface area contributed by atoms with Gasteiger partial charge < -0.3 is 24.4 Å². The maximum absolute atomic E-state index is 12.8. The summed E-state index contributed by atoms with van der Waals surface area (Å²) < 4.78 is 16.5. The molecule has 7 nitrogen and oxygen atoms in total. The Hall–Kier alpha value is -1.99. The predicted molar refractivity (Wildman–Crippen MR) is 97.8 cm³/mol. The van der Waals surface area contributed by atoms with Gasteiger partial charge in [-0.05, 0) is 38.8 Å². The number of benzene rings is 1. The molecule has 0 saturated carbocycles. The van der Waals surface area contributed by atoms with Gasteiger partial charge in [0.15, 0.2) is 11.5 Å². The van der Waals surface area contributed by atoms with Crippen LogP contribution >= 0.6 is 0 Å². The van der Waals surface area contributed by atoms with Crippen LogP contribution in [0.2, 0.25) is 0 Å². The fourth-order valence-corrected chi connectivity index (χ4v) is 4.19. The SMILES string of the molecule is CC1CN(CC2CCCN2C(=O)Nc2ccc3c(c2)OCO3)CC(C)O1. The summed E-state index contributed by atoms with van der Waals surface area (Å²) in [5, 5.41) is 3.01. The van der Waals surface area contributed by atoms with Gasteiger partial charge in [0.05, 0.1) is 12.2 Å². The van der Waals surface area contributed by atoms with Gasteiger partial charge in [-0.3, -0.25) is 4.90 Å². The zero-order valence-corrected chi connectivity index (χ0v) is 15.4. The van der Waals surface area contributed by atoms with Crippen LogP contribution in [0.5, 0.6) is 11.5 Å². The number of morpholine rings is 1. The summed E-state index contributed by atoms with van der Waals surface area (Å²) >= 11 is 0. The number of rotatable bonds is 3. The molecule has 26 heavy (non-hydrogen) atoms. The number of amides is 2. The van der Waals surface area contributed by atoms with Gasteiger partial charge in [0.2, 0.25) is 6.79 Å². The topological polar surface area (TPSA) is 63.3 Å². The number of fused-ring (bicyclic) bond motifs is 1. The first kappa shape index (κ1) is 17.4. The van der Waals surface area contributed by atoms with E-state index in [2.05, 4.69) is 24.1 Å². The van der Waals surface area contributed by atoms with Crippen molar-refractivity contribution in [1.82, 2.24) is 9.80 Å². The second-order valence-corrected chi connectivity index (χ2v) is 7.46. The van der Waals surface area contributed by atoms with Crippen LogP contribution in [0.15, 0.2) is 18.2 Å². The molecule has 0 bridgehead atoms. The number of carbonyl (C=O) groups excluding carboxylic acids is 1. The number of nitrogens with one attached hydrogen (secondary N) is 1. The van der Waals surface area contributed by atoms with E-state index in [1.54, 1.807) is 0 Å². The molecule has 7 heteroatoms. The van der Waals surface area contributed by atoms with Crippen molar-refractivity contribution < 1.29 is 19.0 Å².